The van der Waals surface area contributed by atoms with E-state index in [2.05, 4.69) is 10.6 Å². The highest BCUT2D eigenvalue weighted by atomic mass is 16.3. The molecular weight excluding hydrogens is 256 g/mol. The third-order valence-corrected chi connectivity index (χ3v) is 3.77. The van der Waals surface area contributed by atoms with Gasteiger partial charge in [-0.25, -0.2) is 4.79 Å². The second kappa shape index (κ2) is 6.13. The fourth-order valence-corrected chi connectivity index (χ4v) is 2.15. The van der Waals surface area contributed by atoms with Gasteiger partial charge in [0.15, 0.2) is 0 Å². The van der Waals surface area contributed by atoms with Gasteiger partial charge in [0.05, 0.1) is 6.61 Å². The zero-order valence-electron chi connectivity index (χ0n) is 11.7. The maximum atomic E-state index is 11.7. The van der Waals surface area contributed by atoms with Gasteiger partial charge in [0.1, 0.15) is 5.75 Å². The number of amides is 2. The Morgan fingerprint density at radius 1 is 1.35 bits per heavy atom. The van der Waals surface area contributed by atoms with Gasteiger partial charge in [-0.05, 0) is 43.9 Å². The van der Waals surface area contributed by atoms with Crippen LogP contribution >= 0.6 is 0 Å². The molecule has 5 heteroatoms. The standard InChI is InChI=1S/C15H22N2O3/c1-11(8-12-2-4-13(19)5-3-12)17-14(20)16-9-15(10-18)6-7-15/h2-5,11,18-19H,6-10H2,1H3,(H2,16,17,20). The number of hydrogen-bond acceptors (Lipinski definition) is 3. The molecule has 2 amide bonds. The van der Waals surface area contributed by atoms with Crippen molar-refractivity contribution in [3.8, 4) is 5.75 Å². The predicted molar refractivity (Wildman–Crippen MR) is 76.6 cm³/mol. The Hall–Kier alpha value is -1.75. The maximum Gasteiger partial charge on any atom is 0.315 e. The molecule has 1 saturated carbocycles. The third-order valence-electron chi connectivity index (χ3n) is 3.77. The van der Waals surface area contributed by atoms with E-state index in [4.69, 9.17) is 0 Å². The van der Waals surface area contributed by atoms with E-state index in [1.807, 2.05) is 19.1 Å². The number of benzene rings is 1. The van der Waals surface area contributed by atoms with Crippen LogP contribution in [0.2, 0.25) is 0 Å². The van der Waals surface area contributed by atoms with E-state index in [-0.39, 0.29) is 29.8 Å². The Morgan fingerprint density at radius 3 is 2.55 bits per heavy atom. The summed E-state index contributed by atoms with van der Waals surface area (Å²) in [7, 11) is 0. The van der Waals surface area contributed by atoms with Crippen molar-refractivity contribution in [1.29, 1.82) is 0 Å². The average Bonchev–Trinajstić information content (AvgIpc) is 3.20. The molecule has 1 aromatic carbocycles. The molecule has 1 atom stereocenters. The van der Waals surface area contributed by atoms with E-state index in [0.717, 1.165) is 18.4 Å². The largest absolute Gasteiger partial charge is 0.508 e. The molecule has 0 bridgehead atoms. The number of aliphatic hydroxyl groups is 1. The van der Waals surface area contributed by atoms with Crippen LogP contribution in [0, 0.1) is 5.41 Å². The molecule has 0 aliphatic heterocycles. The van der Waals surface area contributed by atoms with Crippen LogP contribution in [0.4, 0.5) is 4.79 Å². The Balaban J connectivity index is 1.72. The van der Waals surface area contributed by atoms with Crippen LogP contribution in [0.25, 0.3) is 0 Å². The van der Waals surface area contributed by atoms with Crippen LogP contribution in [0.15, 0.2) is 24.3 Å². The van der Waals surface area contributed by atoms with Gasteiger partial charge >= 0.3 is 6.03 Å². The minimum absolute atomic E-state index is 0.00354. The smallest absolute Gasteiger partial charge is 0.315 e. The first kappa shape index (κ1) is 14.7. The van der Waals surface area contributed by atoms with Gasteiger partial charge in [-0.2, -0.15) is 0 Å². The lowest BCUT2D eigenvalue weighted by molar-refractivity contribution is 0.202. The number of urea groups is 1. The number of phenolic OH excluding ortho intramolecular Hbond substituents is 1. The summed E-state index contributed by atoms with van der Waals surface area (Å²) in [4.78, 5) is 11.7. The highest BCUT2D eigenvalue weighted by Crippen LogP contribution is 2.44. The number of nitrogens with one attached hydrogen (secondary N) is 2. The quantitative estimate of drug-likeness (QED) is 0.635. The fraction of sp³-hybridized carbons (Fsp3) is 0.533. The molecule has 1 aromatic rings. The van der Waals surface area contributed by atoms with Crippen molar-refractivity contribution in [1.82, 2.24) is 10.6 Å². The van der Waals surface area contributed by atoms with E-state index in [1.54, 1.807) is 12.1 Å². The highest BCUT2D eigenvalue weighted by molar-refractivity contribution is 5.74. The topological polar surface area (TPSA) is 81.6 Å². The second-order valence-electron chi connectivity index (χ2n) is 5.76. The van der Waals surface area contributed by atoms with Gasteiger partial charge in [-0.3, -0.25) is 0 Å². The summed E-state index contributed by atoms with van der Waals surface area (Å²) in [6.07, 6.45) is 2.67. The Bertz CT molecular complexity index is 455. The Kier molecular flexibility index (Phi) is 4.49. The number of carbonyl (C=O) groups excluding carboxylic acids is 1. The van der Waals surface area contributed by atoms with Crippen LogP contribution in [0.5, 0.6) is 5.75 Å². The summed E-state index contributed by atoms with van der Waals surface area (Å²) in [6.45, 7) is 2.60. The molecule has 1 unspecified atom stereocenters. The van der Waals surface area contributed by atoms with E-state index < -0.39 is 0 Å². The molecule has 0 saturated heterocycles. The van der Waals surface area contributed by atoms with Crippen LogP contribution in [0.1, 0.15) is 25.3 Å². The van der Waals surface area contributed by atoms with Gasteiger partial charge in [-0.15, -0.1) is 0 Å². The SMILES string of the molecule is CC(Cc1ccc(O)cc1)NC(=O)NCC1(CO)CC1. The molecule has 110 valence electrons. The molecule has 1 aliphatic rings. The molecule has 1 fully saturated rings. The molecule has 0 aromatic heterocycles. The first-order valence-corrected chi connectivity index (χ1v) is 6.96. The van der Waals surface area contributed by atoms with Crippen molar-refractivity contribution in [2.24, 2.45) is 5.41 Å². The number of aromatic hydroxyl groups is 1. The minimum atomic E-state index is -0.198. The van der Waals surface area contributed by atoms with Crippen molar-refractivity contribution in [3.63, 3.8) is 0 Å². The minimum Gasteiger partial charge on any atom is -0.508 e. The summed E-state index contributed by atoms with van der Waals surface area (Å²) >= 11 is 0. The molecule has 0 spiro atoms. The van der Waals surface area contributed by atoms with E-state index >= 15 is 0 Å². The van der Waals surface area contributed by atoms with Crippen LogP contribution in [0.3, 0.4) is 0 Å². The van der Waals surface area contributed by atoms with Gasteiger partial charge < -0.3 is 20.8 Å². The second-order valence-corrected chi connectivity index (χ2v) is 5.76. The normalized spacial score (nSPS) is 17.3. The Morgan fingerprint density at radius 2 is 2.00 bits per heavy atom. The average molecular weight is 278 g/mol. The molecule has 5 nitrogen and oxygen atoms in total. The molecule has 0 radical (unpaired) electrons. The lowest BCUT2D eigenvalue weighted by Gasteiger charge is -2.17. The lowest BCUT2D eigenvalue weighted by Crippen LogP contribution is -2.44. The van der Waals surface area contributed by atoms with Gasteiger partial charge in [-0.1, -0.05) is 12.1 Å². The number of phenols is 1. The highest BCUT2D eigenvalue weighted by Gasteiger charge is 2.42. The molecule has 0 heterocycles. The monoisotopic (exact) mass is 278 g/mol. The van der Waals surface area contributed by atoms with Crippen molar-refractivity contribution in [2.45, 2.75) is 32.2 Å². The summed E-state index contributed by atoms with van der Waals surface area (Å²) in [5, 5.41) is 24.1. The summed E-state index contributed by atoms with van der Waals surface area (Å²) in [5.41, 5.74) is 0.988. The zero-order valence-corrected chi connectivity index (χ0v) is 11.7. The van der Waals surface area contributed by atoms with Crippen molar-refractivity contribution in [2.75, 3.05) is 13.2 Å². The van der Waals surface area contributed by atoms with Crippen molar-refractivity contribution >= 4 is 6.03 Å². The molecule has 4 N–H and O–H groups in total. The van der Waals surface area contributed by atoms with Gasteiger partial charge in [0.2, 0.25) is 0 Å². The Labute approximate surface area is 119 Å². The zero-order chi connectivity index (χ0) is 14.6. The van der Waals surface area contributed by atoms with Crippen molar-refractivity contribution < 1.29 is 15.0 Å². The van der Waals surface area contributed by atoms with Gasteiger partial charge in [0.25, 0.3) is 0 Å². The third kappa shape index (κ3) is 4.13. The predicted octanol–water partition coefficient (Wildman–Crippen LogP) is 1.39. The number of hydrogen-bond donors (Lipinski definition) is 4. The fourth-order valence-electron chi connectivity index (χ4n) is 2.15. The number of rotatable bonds is 6. The first-order chi connectivity index (χ1) is 9.53. The van der Waals surface area contributed by atoms with Crippen LogP contribution in [-0.4, -0.2) is 35.4 Å². The molecule has 20 heavy (non-hydrogen) atoms. The molecule has 1 aliphatic carbocycles. The molecular formula is C15H22N2O3. The maximum absolute atomic E-state index is 11.7. The van der Waals surface area contributed by atoms with E-state index in [9.17, 15) is 15.0 Å². The van der Waals surface area contributed by atoms with E-state index in [1.165, 1.54) is 0 Å². The summed E-state index contributed by atoms with van der Waals surface area (Å²) < 4.78 is 0. The first-order valence-electron chi connectivity index (χ1n) is 6.96. The van der Waals surface area contributed by atoms with Crippen molar-refractivity contribution in [3.05, 3.63) is 29.8 Å². The summed E-state index contributed by atoms with van der Waals surface area (Å²) in [5.74, 6) is 0.242. The van der Waals surface area contributed by atoms with E-state index in [0.29, 0.717) is 13.0 Å². The number of aliphatic hydroxyl groups excluding tert-OH is 1. The number of carbonyl (C=O) groups is 1. The lowest BCUT2D eigenvalue weighted by atomic mass is 10.1. The molecule has 2 rings (SSSR count). The summed E-state index contributed by atoms with van der Waals surface area (Å²) in [6, 6.07) is 6.77. The van der Waals surface area contributed by atoms with Crippen LogP contribution < -0.4 is 10.6 Å². The van der Waals surface area contributed by atoms with Crippen LogP contribution in [-0.2, 0) is 6.42 Å². The van der Waals surface area contributed by atoms with Gasteiger partial charge in [0, 0.05) is 18.0 Å².